The SMILES string of the molecule is C[C@H](c1ccccc1)N1CCN(S(=O)(=O)c2ccc(Cl)s2)CC1. The summed E-state index contributed by atoms with van der Waals surface area (Å²) in [4.78, 5) is 2.32. The monoisotopic (exact) mass is 370 g/mol. The van der Waals surface area contributed by atoms with Gasteiger partial charge >= 0.3 is 0 Å². The van der Waals surface area contributed by atoms with Crippen LogP contribution in [0.1, 0.15) is 18.5 Å². The van der Waals surface area contributed by atoms with Crippen molar-refractivity contribution in [2.75, 3.05) is 26.2 Å². The average molecular weight is 371 g/mol. The van der Waals surface area contributed by atoms with Crippen molar-refractivity contribution in [3.8, 4) is 0 Å². The third-order valence-corrected chi connectivity index (χ3v) is 7.84. The Bertz CT molecular complexity index is 753. The third kappa shape index (κ3) is 3.61. The molecule has 0 saturated carbocycles. The van der Waals surface area contributed by atoms with E-state index in [1.165, 1.54) is 5.56 Å². The molecule has 124 valence electrons. The van der Waals surface area contributed by atoms with Gasteiger partial charge in [0.2, 0.25) is 0 Å². The van der Waals surface area contributed by atoms with E-state index in [0.29, 0.717) is 21.6 Å². The Balaban J connectivity index is 1.67. The Morgan fingerprint density at radius 1 is 1.04 bits per heavy atom. The highest BCUT2D eigenvalue weighted by Gasteiger charge is 2.31. The minimum atomic E-state index is -3.41. The zero-order chi connectivity index (χ0) is 16.4. The van der Waals surface area contributed by atoms with E-state index < -0.39 is 10.0 Å². The molecule has 23 heavy (non-hydrogen) atoms. The molecule has 1 aromatic heterocycles. The Hall–Kier alpha value is -0.920. The molecule has 1 saturated heterocycles. The van der Waals surface area contributed by atoms with Crippen LogP contribution >= 0.6 is 22.9 Å². The first-order chi connectivity index (χ1) is 11.0. The maximum Gasteiger partial charge on any atom is 0.252 e. The van der Waals surface area contributed by atoms with Crippen molar-refractivity contribution in [3.05, 3.63) is 52.4 Å². The van der Waals surface area contributed by atoms with Gasteiger partial charge in [-0.05, 0) is 24.6 Å². The highest BCUT2D eigenvalue weighted by atomic mass is 35.5. The molecule has 1 aliphatic rings. The first-order valence-corrected chi connectivity index (χ1v) is 10.2. The van der Waals surface area contributed by atoms with Gasteiger partial charge in [-0.25, -0.2) is 8.42 Å². The molecule has 0 radical (unpaired) electrons. The highest BCUT2D eigenvalue weighted by molar-refractivity contribution is 7.91. The molecule has 1 atom stereocenters. The van der Waals surface area contributed by atoms with E-state index in [4.69, 9.17) is 11.6 Å². The average Bonchev–Trinajstić information content (AvgIpc) is 3.02. The van der Waals surface area contributed by atoms with E-state index in [0.717, 1.165) is 24.4 Å². The minimum absolute atomic E-state index is 0.289. The summed E-state index contributed by atoms with van der Waals surface area (Å²) in [6, 6.07) is 13.8. The van der Waals surface area contributed by atoms with E-state index in [-0.39, 0.29) is 6.04 Å². The fourth-order valence-electron chi connectivity index (χ4n) is 2.84. The number of hydrogen-bond acceptors (Lipinski definition) is 4. The molecule has 1 fully saturated rings. The van der Waals surface area contributed by atoms with Crippen LogP contribution in [0.2, 0.25) is 4.34 Å². The summed E-state index contributed by atoms with van der Waals surface area (Å²) in [7, 11) is -3.41. The number of nitrogens with zero attached hydrogens (tertiary/aromatic N) is 2. The van der Waals surface area contributed by atoms with Crippen LogP contribution in [0.25, 0.3) is 0 Å². The molecule has 0 spiro atoms. The van der Waals surface area contributed by atoms with Crippen LogP contribution in [0.5, 0.6) is 0 Å². The summed E-state index contributed by atoms with van der Waals surface area (Å²) in [5.41, 5.74) is 1.26. The molecule has 3 rings (SSSR count). The standard InChI is InChI=1S/C16H19ClN2O2S2/c1-13(14-5-3-2-4-6-14)18-9-11-19(12-10-18)23(20,21)16-8-7-15(17)22-16/h2-8,13H,9-12H2,1H3/t13-/m1/s1. The third-order valence-electron chi connectivity index (χ3n) is 4.25. The lowest BCUT2D eigenvalue weighted by Crippen LogP contribution is -2.49. The summed E-state index contributed by atoms with van der Waals surface area (Å²) < 4.78 is 27.6. The van der Waals surface area contributed by atoms with E-state index >= 15 is 0 Å². The first-order valence-electron chi connectivity index (χ1n) is 7.53. The Morgan fingerprint density at radius 3 is 2.26 bits per heavy atom. The van der Waals surface area contributed by atoms with Crippen molar-refractivity contribution < 1.29 is 8.42 Å². The van der Waals surface area contributed by atoms with Gasteiger partial charge in [0.05, 0.1) is 4.34 Å². The maximum absolute atomic E-state index is 12.6. The van der Waals surface area contributed by atoms with Crippen LogP contribution in [0, 0.1) is 0 Å². The number of thiophene rings is 1. The summed E-state index contributed by atoms with van der Waals surface area (Å²) in [6.45, 7) is 4.64. The lowest BCUT2D eigenvalue weighted by atomic mass is 10.1. The first kappa shape index (κ1) is 16.9. The molecular weight excluding hydrogens is 352 g/mol. The summed E-state index contributed by atoms with van der Waals surface area (Å²) in [5, 5.41) is 0. The second kappa shape index (κ2) is 6.91. The van der Waals surface area contributed by atoms with Crippen molar-refractivity contribution in [2.24, 2.45) is 0 Å². The Labute approximate surface area is 146 Å². The molecule has 1 aromatic carbocycles. The zero-order valence-electron chi connectivity index (χ0n) is 12.9. The number of halogens is 1. The Kier molecular flexibility index (Phi) is 5.08. The lowest BCUT2D eigenvalue weighted by Gasteiger charge is -2.37. The molecule has 1 aliphatic heterocycles. The zero-order valence-corrected chi connectivity index (χ0v) is 15.2. The van der Waals surface area contributed by atoms with Crippen LogP contribution in [-0.2, 0) is 10.0 Å². The van der Waals surface area contributed by atoms with Crippen LogP contribution < -0.4 is 0 Å². The maximum atomic E-state index is 12.6. The van der Waals surface area contributed by atoms with Gasteiger partial charge in [-0.15, -0.1) is 11.3 Å². The van der Waals surface area contributed by atoms with Crippen LogP contribution in [-0.4, -0.2) is 43.8 Å². The van der Waals surface area contributed by atoms with Crippen LogP contribution in [0.3, 0.4) is 0 Å². The molecule has 0 bridgehead atoms. The van der Waals surface area contributed by atoms with Crippen molar-refractivity contribution in [1.82, 2.24) is 9.21 Å². The van der Waals surface area contributed by atoms with E-state index in [9.17, 15) is 8.42 Å². The quantitative estimate of drug-likeness (QED) is 0.827. The predicted molar refractivity (Wildman–Crippen MR) is 94.5 cm³/mol. The molecule has 0 unspecified atom stereocenters. The second-order valence-electron chi connectivity index (χ2n) is 5.59. The van der Waals surface area contributed by atoms with Gasteiger partial charge in [-0.1, -0.05) is 41.9 Å². The van der Waals surface area contributed by atoms with E-state index in [1.807, 2.05) is 18.2 Å². The van der Waals surface area contributed by atoms with Gasteiger partial charge in [0.1, 0.15) is 4.21 Å². The van der Waals surface area contributed by atoms with Gasteiger partial charge in [0, 0.05) is 32.2 Å². The fourth-order valence-corrected chi connectivity index (χ4v) is 5.90. The largest absolute Gasteiger partial charge is 0.294 e. The number of piperazine rings is 1. The summed E-state index contributed by atoms with van der Waals surface area (Å²) in [5.74, 6) is 0. The molecule has 0 N–H and O–H groups in total. The lowest BCUT2D eigenvalue weighted by molar-refractivity contribution is 0.146. The summed E-state index contributed by atoms with van der Waals surface area (Å²) >= 11 is 6.98. The van der Waals surface area contributed by atoms with Crippen LogP contribution in [0.4, 0.5) is 0 Å². The van der Waals surface area contributed by atoms with Crippen molar-refractivity contribution in [1.29, 1.82) is 0 Å². The fraction of sp³-hybridized carbons (Fsp3) is 0.375. The number of hydrogen-bond donors (Lipinski definition) is 0. The molecule has 2 heterocycles. The van der Waals surface area contributed by atoms with Gasteiger partial charge in [-0.3, -0.25) is 4.90 Å². The van der Waals surface area contributed by atoms with Gasteiger partial charge < -0.3 is 0 Å². The topological polar surface area (TPSA) is 40.6 Å². The number of benzene rings is 1. The van der Waals surface area contributed by atoms with Crippen LogP contribution in [0.15, 0.2) is 46.7 Å². The van der Waals surface area contributed by atoms with Crippen molar-refractivity contribution in [3.63, 3.8) is 0 Å². The van der Waals surface area contributed by atoms with Crippen molar-refractivity contribution >= 4 is 33.0 Å². The van der Waals surface area contributed by atoms with Gasteiger partial charge in [0.25, 0.3) is 10.0 Å². The number of sulfonamides is 1. The molecule has 4 nitrogen and oxygen atoms in total. The summed E-state index contributed by atoms with van der Waals surface area (Å²) in [6.07, 6.45) is 0. The molecule has 0 aliphatic carbocycles. The molecule has 7 heteroatoms. The second-order valence-corrected chi connectivity index (χ2v) is 9.47. The van der Waals surface area contributed by atoms with E-state index in [1.54, 1.807) is 16.4 Å². The van der Waals surface area contributed by atoms with E-state index in [2.05, 4.69) is 24.0 Å². The predicted octanol–water partition coefficient (Wildman–Crippen LogP) is 3.47. The van der Waals surface area contributed by atoms with Gasteiger partial charge in [-0.2, -0.15) is 4.31 Å². The highest BCUT2D eigenvalue weighted by Crippen LogP contribution is 2.29. The molecule has 0 amide bonds. The number of rotatable bonds is 4. The normalized spacial score (nSPS) is 18.9. The Morgan fingerprint density at radius 2 is 1.70 bits per heavy atom. The minimum Gasteiger partial charge on any atom is -0.294 e. The van der Waals surface area contributed by atoms with Gasteiger partial charge in [0.15, 0.2) is 0 Å². The molecule has 2 aromatic rings. The molecular formula is C16H19ClN2O2S2. The van der Waals surface area contributed by atoms with Crippen molar-refractivity contribution in [2.45, 2.75) is 17.2 Å². The smallest absolute Gasteiger partial charge is 0.252 e.